The number of aryl methyl sites for hydroxylation is 1. The highest BCUT2D eigenvalue weighted by molar-refractivity contribution is 5.79. The Labute approximate surface area is 162 Å². The van der Waals surface area contributed by atoms with Crippen molar-refractivity contribution in [1.82, 2.24) is 19.0 Å². The molecule has 0 aromatic carbocycles. The minimum Gasteiger partial charge on any atom is -0.368 e. The quantitative estimate of drug-likeness (QED) is 0.772. The van der Waals surface area contributed by atoms with Crippen molar-refractivity contribution in [1.29, 1.82) is 0 Å². The lowest BCUT2D eigenvalue weighted by Gasteiger charge is -2.35. The van der Waals surface area contributed by atoms with Gasteiger partial charge in [-0.15, -0.1) is 0 Å². The second-order valence-corrected chi connectivity index (χ2v) is 7.79. The molecule has 2 aliphatic rings. The number of rotatable bonds is 2. The lowest BCUT2D eigenvalue weighted by Crippen LogP contribution is -2.45. The van der Waals surface area contributed by atoms with Gasteiger partial charge in [0.1, 0.15) is 11.8 Å². The van der Waals surface area contributed by atoms with Crippen LogP contribution < -0.4 is 11.2 Å². The average Bonchev–Trinajstić information content (AvgIpc) is 2.76. The van der Waals surface area contributed by atoms with Gasteiger partial charge in [0.2, 0.25) is 5.91 Å². The van der Waals surface area contributed by atoms with Gasteiger partial charge in [0.05, 0.1) is 24.2 Å². The number of ether oxygens (including phenoxy) is 1. The molecule has 1 amide bonds. The van der Waals surface area contributed by atoms with Crippen LogP contribution in [0.1, 0.15) is 43.9 Å². The summed E-state index contributed by atoms with van der Waals surface area (Å²) in [5, 5.41) is 0.388. The van der Waals surface area contributed by atoms with Gasteiger partial charge in [-0.1, -0.05) is 19.3 Å². The molecule has 1 unspecified atom stereocenters. The summed E-state index contributed by atoms with van der Waals surface area (Å²) in [6, 6.07) is 3.44. The average molecular weight is 386 g/mol. The second kappa shape index (κ2) is 7.50. The largest absolute Gasteiger partial charge is 0.368 e. The van der Waals surface area contributed by atoms with E-state index < -0.39 is 5.69 Å². The van der Waals surface area contributed by atoms with E-state index in [4.69, 9.17) is 4.74 Å². The molecule has 1 saturated carbocycles. The van der Waals surface area contributed by atoms with Gasteiger partial charge >= 0.3 is 5.69 Å². The Balaban J connectivity index is 1.61. The number of pyridine rings is 1. The number of hydrogen-bond donors (Lipinski definition) is 0. The predicted octanol–water partition coefficient (Wildman–Crippen LogP) is 1.11. The minimum atomic E-state index is -0.416. The third kappa shape index (κ3) is 3.26. The zero-order chi connectivity index (χ0) is 19.8. The Morgan fingerprint density at radius 3 is 2.61 bits per heavy atom. The van der Waals surface area contributed by atoms with E-state index in [-0.39, 0.29) is 23.5 Å². The van der Waals surface area contributed by atoms with Gasteiger partial charge in [-0.3, -0.25) is 18.7 Å². The van der Waals surface area contributed by atoms with Crippen LogP contribution in [0.2, 0.25) is 0 Å². The molecule has 1 atom stereocenters. The maximum atomic E-state index is 12.9. The van der Waals surface area contributed by atoms with Gasteiger partial charge in [-0.2, -0.15) is 0 Å². The Morgan fingerprint density at radius 1 is 1.11 bits per heavy atom. The molecule has 8 nitrogen and oxygen atoms in total. The first-order valence-electron chi connectivity index (χ1n) is 9.94. The van der Waals surface area contributed by atoms with E-state index in [2.05, 4.69) is 4.98 Å². The smallest absolute Gasteiger partial charge is 0.332 e. The fourth-order valence-electron chi connectivity index (χ4n) is 4.28. The van der Waals surface area contributed by atoms with Crippen molar-refractivity contribution in [2.45, 2.75) is 38.2 Å². The van der Waals surface area contributed by atoms with Crippen molar-refractivity contribution in [2.75, 3.05) is 19.7 Å². The number of carbonyl (C=O) groups excluding carboxylic acids is 1. The number of morpholine rings is 1. The summed E-state index contributed by atoms with van der Waals surface area (Å²) < 4.78 is 8.32. The maximum Gasteiger partial charge on any atom is 0.332 e. The zero-order valence-electron chi connectivity index (χ0n) is 16.4. The summed E-state index contributed by atoms with van der Waals surface area (Å²) in [4.78, 5) is 43.9. The number of carbonyl (C=O) groups is 1. The lowest BCUT2D eigenvalue weighted by atomic mass is 9.88. The standard InChI is InChI=1S/C20H26N4O4/c1-22-17-14(19(26)23(2)20(22)27)8-9-15(21-17)16-12-24(10-11-28-16)18(25)13-6-4-3-5-7-13/h8-9,13,16H,3-7,10-12H2,1-2H3. The summed E-state index contributed by atoms with van der Waals surface area (Å²) in [7, 11) is 3.05. The van der Waals surface area contributed by atoms with Gasteiger partial charge in [0.25, 0.3) is 5.56 Å². The number of amides is 1. The van der Waals surface area contributed by atoms with Crippen molar-refractivity contribution < 1.29 is 9.53 Å². The number of nitrogens with zero attached hydrogens (tertiary/aromatic N) is 4. The lowest BCUT2D eigenvalue weighted by molar-refractivity contribution is -0.144. The molecule has 2 aromatic heterocycles. The normalized spacial score (nSPS) is 21.2. The summed E-state index contributed by atoms with van der Waals surface area (Å²) >= 11 is 0. The molecule has 0 N–H and O–H groups in total. The minimum absolute atomic E-state index is 0.126. The second-order valence-electron chi connectivity index (χ2n) is 7.79. The van der Waals surface area contributed by atoms with E-state index >= 15 is 0 Å². The fourth-order valence-corrected chi connectivity index (χ4v) is 4.28. The monoisotopic (exact) mass is 386 g/mol. The van der Waals surface area contributed by atoms with Crippen molar-refractivity contribution >= 4 is 16.9 Å². The fraction of sp³-hybridized carbons (Fsp3) is 0.600. The summed E-state index contributed by atoms with van der Waals surface area (Å²) in [5.74, 6) is 0.343. The first-order chi connectivity index (χ1) is 13.5. The van der Waals surface area contributed by atoms with Gasteiger partial charge in [-0.25, -0.2) is 9.78 Å². The molecule has 0 spiro atoms. The molecule has 0 bridgehead atoms. The Morgan fingerprint density at radius 2 is 1.86 bits per heavy atom. The van der Waals surface area contributed by atoms with Crippen LogP contribution in [0.3, 0.4) is 0 Å². The van der Waals surface area contributed by atoms with Crippen molar-refractivity contribution in [3.63, 3.8) is 0 Å². The van der Waals surface area contributed by atoms with Crippen LogP contribution in [0, 0.1) is 5.92 Å². The van der Waals surface area contributed by atoms with E-state index in [0.717, 1.165) is 30.3 Å². The SMILES string of the molecule is Cn1c(=O)c2ccc(C3CN(C(=O)C4CCCCC4)CCO3)nc2n(C)c1=O. The van der Waals surface area contributed by atoms with Crippen LogP contribution >= 0.6 is 0 Å². The Kier molecular flexibility index (Phi) is 5.05. The van der Waals surface area contributed by atoms with Crippen LogP contribution in [-0.2, 0) is 23.6 Å². The zero-order valence-corrected chi connectivity index (χ0v) is 16.4. The van der Waals surface area contributed by atoms with E-state index in [0.29, 0.717) is 36.4 Å². The van der Waals surface area contributed by atoms with Crippen molar-refractivity contribution in [3.05, 3.63) is 38.7 Å². The van der Waals surface area contributed by atoms with Gasteiger partial charge in [0, 0.05) is 26.6 Å². The van der Waals surface area contributed by atoms with E-state index in [9.17, 15) is 14.4 Å². The number of fused-ring (bicyclic) bond motifs is 1. The molecule has 1 aliphatic carbocycles. The van der Waals surface area contributed by atoms with Gasteiger partial charge in [0.15, 0.2) is 0 Å². The van der Waals surface area contributed by atoms with Crippen molar-refractivity contribution in [3.8, 4) is 0 Å². The molecule has 4 rings (SSSR count). The van der Waals surface area contributed by atoms with E-state index in [1.807, 2.05) is 4.90 Å². The van der Waals surface area contributed by atoms with E-state index in [1.165, 1.54) is 18.0 Å². The molecule has 28 heavy (non-hydrogen) atoms. The summed E-state index contributed by atoms with van der Waals surface area (Å²) in [6.07, 6.45) is 5.05. The Bertz CT molecular complexity index is 1020. The van der Waals surface area contributed by atoms with Crippen molar-refractivity contribution in [2.24, 2.45) is 20.0 Å². The van der Waals surface area contributed by atoms with Gasteiger partial charge in [-0.05, 0) is 25.0 Å². The number of aromatic nitrogens is 3. The first-order valence-corrected chi connectivity index (χ1v) is 9.94. The highest BCUT2D eigenvalue weighted by Gasteiger charge is 2.31. The highest BCUT2D eigenvalue weighted by atomic mass is 16.5. The van der Waals surface area contributed by atoms with Crippen LogP contribution in [0.15, 0.2) is 21.7 Å². The maximum absolute atomic E-state index is 12.9. The van der Waals surface area contributed by atoms with Crippen LogP contribution in [0.5, 0.6) is 0 Å². The summed E-state index contributed by atoms with van der Waals surface area (Å²) in [6.45, 7) is 1.50. The molecular weight excluding hydrogens is 360 g/mol. The summed E-state index contributed by atoms with van der Waals surface area (Å²) in [5.41, 5.74) is 0.193. The third-order valence-electron chi connectivity index (χ3n) is 5.99. The molecule has 150 valence electrons. The third-order valence-corrected chi connectivity index (χ3v) is 5.99. The molecule has 1 saturated heterocycles. The van der Waals surface area contributed by atoms with Crippen LogP contribution in [0.4, 0.5) is 0 Å². The van der Waals surface area contributed by atoms with E-state index in [1.54, 1.807) is 19.2 Å². The van der Waals surface area contributed by atoms with Crippen LogP contribution in [-0.4, -0.2) is 44.6 Å². The molecule has 2 fully saturated rings. The molecule has 0 radical (unpaired) electrons. The molecule has 1 aliphatic heterocycles. The topological polar surface area (TPSA) is 86.4 Å². The molecule has 8 heteroatoms. The molecular formula is C20H26N4O4. The predicted molar refractivity (Wildman–Crippen MR) is 104 cm³/mol. The number of hydrogen-bond acceptors (Lipinski definition) is 5. The highest BCUT2D eigenvalue weighted by Crippen LogP contribution is 2.28. The van der Waals surface area contributed by atoms with Crippen LogP contribution in [0.25, 0.3) is 11.0 Å². The molecule has 3 heterocycles. The van der Waals surface area contributed by atoms with Gasteiger partial charge < -0.3 is 9.64 Å². The Hall–Kier alpha value is -2.48. The first kappa shape index (κ1) is 18.9. The molecule has 2 aromatic rings.